The second-order valence-electron chi connectivity index (χ2n) is 4.76. The predicted octanol–water partition coefficient (Wildman–Crippen LogP) is 3.25. The number of hydrogen-bond donors (Lipinski definition) is 0. The summed E-state index contributed by atoms with van der Waals surface area (Å²) in [6.07, 6.45) is 0. The number of ketones is 2. The zero-order valence-electron chi connectivity index (χ0n) is 10.5. The summed E-state index contributed by atoms with van der Waals surface area (Å²) in [5.41, 5.74) is 3.53. The largest absolute Gasteiger partial charge is 0.461 e. The quantitative estimate of drug-likeness (QED) is 0.664. The highest BCUT2D eigenvalue weighted by Crippen LogP contribution is 2.38. The zero-order valence-corrected chi connectivity index (χ0v) is 10.5. The monoisotopic (exact) mass is 240 g/mol. The lowest BCUT2D eigenvalue weighted by molar-refractivity contribution is 0.0814. The van der Waals surface area contributed by atoms with Gasteiger partial charge in [-0.3, -0.25) is 9.59 Å². The van der Waals surface area contributed by atoms with E-state index >= 15 is 0 Å². The van der Waals surface area contributed by atoms with E-state index < -0.39 is 11.6 Å². The van der Waals surface area contributed by atoms with Crippen LogP contribution in [-0.2, 0) is 0 Å². The third-order valence-corrected chi connectivity index (χ3v) is 3.26. The zero-order chi connectivity index (χ0) is 13.0. The molecule has 1 aromatic carbocycles. The fourth-order valence-corrected chi connectivity index (χ4v) is 2.56. The molecule has 0 aliphatic heterocycles. The lowest BCUT2D eigenvalue weighted by Gasteiger charge is -2.16. The topological polar surface area (TPSA) is 47.3 Å². The number of carbonyl (C=O) groups excluding carboxylic acids is 2. The van der Waals surface area contributed by atoms with Crippen LogP contribution < -0.4 is 0 Å². The number of Topliss-reactive ketones (excluding diaryl/α,β-unsaturated/α-hetero) is 2. The summed E-state index contributed by atoms with van der Waals surface area (Å²) in [6, 6.07) is 5.38. The summed E-state index contributed by atoms with van der Waals surface area (Å²) < 4.78 is 5.60. The van der Waals surface area contributed by atoms with Crippen LogP contribution in [0.5, 0.6) is 0 Å². The van der Waals surface area contributed by atoms with Gasteiger partial charge in [-0.1, -0.05) is 11.6 Å². The molecule has 0 radical (unpaired) electrons. The molecule has 0 atom stereocenters. The Kier molecular flexibility index (Phi) is 2.08. The van der Waals surface area contributed by atoms with Crippen molar-refractivity contribution in [2.75, 3.05) is 0 Å². The molecule has 1 aliphatic rings. The highest BCUT2D eigenvalue weighted by atomic mass is 16.3. The van der Waals surface area contributed by atoms with Crippen LogP contribution in [0.15, 0.2) is 22.6 Å². The summed E-state index contributed by atoms with van der Waals surface area (Å²) >= 11 is 0. The van der Waals surface area contributed by atoms with E-state index in [1.165, 1.54) is 0 Å². The summed E-state index contributed by atoms with van der Waals surface area (Å²) in [4.78, 5) is 24.1. The Balaban J connectivity index is 2.44. The number of furan rings is 1. The Morgan fingerprint density at radius 1 is 0.889 bits per heavy atom. The molecule has 3 rings (SSSR count). The van der Waals surface area contributed by atoms with Gasteiger partial charge >= 0.3 is 0 Å². The molecule has 0 spiro atoms. The summed E-state index contributed by atoms with van der Waals surface area (Å²) in [6.45, 7) is 5.61. The Labute approximate surface area is 104 Å². The van der Waals surface area contributed by atoms with Gasteiger partial charge in [0.15, 0.2) is 0 Å². The number of hydrogen-bond acceptors (Lipinski definition) is 3. The van der Waals surface area contributed by atoms with Gasteiger partial charge < -0.3 is 4.42 Å². The molecule has 0 bridgehead atoms. The van der Waals surface area contributed by atoms with Crippen molar-refractivity contribution >= 4 is 11.6 Å². The van der Waals surface area contributed by atoms with E-state index in [4.69, 9.17) is 4.42 Å². The van der Waals surface area contributed by atoms with Gasteiger partial charge in [0.25, 0.3) is 0 Å². The first-order valence-corrected chi connectivity index (χ1v) is 5.80. The number of rotatable bonds is 0. The van der Waals surface area contributed by atoms with Crippen LogP contribution in [0.4, 0.5) is 0 Å². The van der Waals surface area contributed by atoms with Crippen LogP contribution in [0.1, 0.15) is 37.6 Å². The van der Waals surface area contributed by atoms with Gasteiger partial charge in [-0.15, -0.1) is 0 Å². The highest BCUT2D eigenvalue weighted by molar-refractivity contribution is 6.52. The summed E-state index contributed by atoms with van der Waals surface area (Å²) in [5, 5.41) is 0. The molecule has 0 saturated heterocycles. The molecule has 90 valence electrons. The van der Waals surface area contributed by atoms with Gasteiger partial charge in [0.05, 0.1) is 5.56 Å². The second kappa shape index (κ2) is 3.42. The second-order valence-corrected chi connectivity index (χ2v) is 4.76. The molecular weight excluding hydrogens is 228 g/mol. The minimum absolute atomic E-state index is 0.386. The van der Waals surface area contributed by atoms with Gasteiger partial charge in [0, 0.05) is 11.1 Å². The van der Waals surface area contributed by atoms with E-state index in [2.05, 4.69) is 0 Å². The van der Waals surface area contributed by atoms with Crippen molar-refractivity contribution in [1.82, 2.24) is 0 Å². The standard InChI is InChI=1S/C15H12O3/c1-7-4-8(2)12-10(5-7)13(16)14(17)11-6-9(3)18-15(11)12/h4-6H,1-3H3. The third-order valence-electron chi connectivity index (χ3n) is 3.26. The van der Waals surface area contributed by atoms with Crippen molar-refractivity contribution in [2.24, 2.45) is 0 Å². The van der Waals surface area contributed by atoms with Gasteiger partial charge in [-0.2, -0.15) is 0 Å². The Morgan fingerprint density at radius 2 is 1.56 bits per heavy atom. The van der Waals surface area contributed by atoms with Crippen molar-refractivity contribution < 1.29 is 14.0 Å². The van der Waals surface area contributed by atoms with Crippen molar-refractivity contribution in [3.05, 3.63) is 46.2 Å². The molecular formula is C15H12O3. The van der Waals surface area contributed by atoms with Crippen molar-refractivity contribution in [2.45, 2.75) is 20.8 Å². The Morgan fingerprint density at radius 3 is 2.28 bits per heavy atom. The van der Waals surface area contributed by atoms with E-state index in [-0.39, 0.29) is 0 Å². The summed E-state index contributed by atoms with van der Waals surface area (Å²) in [5.74, 6) is 0.267. The van der Waals surface area contributed by atoms with Crippen LogP contribution in [0.25, 0.3) is 11.3 Å². The van der Waals surface area contributed by atoms with E-state index in [0.29, 0.717) is 22.6 Å². The minimum atomic E-state index is -0.473. The van der Waals surface area contributed by atoms with Crippen LogP contribution >= 0.6 is 0 Å². The molecule has 2 aromatic rings. The molecule has 0 unspecified atom stereocenters. The SMILES string of the molecule is Cc1cc(C)c2c(c1)C(=O)C(=O)c1cc(C)oc1-2. The normalized spacial score (nSPS) is 13.5. The van der Waals surface area contributed by atoms with Crippen LogP contribution in [0, 0.1) is 20.8 Å². The number of carbonyl (C=O) groups is 2. The van der Waals surface area contributed by atoms with Gasteiger partial charge in [0.1, 0.15) is 11.5 Å². The minimum Gasteiger partial charge on any atom is -0.461 e. The Hall–Kier alpha value is -2.16. The van der Waals surface area contributed by atoms with Crippen molar-refractivity contribution in [3.8, 4) is 11.3 Å². The van der Waals surface area contributed by atoms with E-state index in [1.807, 2.05) is 19.9 Å². The van der Waals surface area contributed by atoms with E-state index in [0.717, 1.165) is 16.7 Å². The fraction of sp³-hybridized carbons (Fsp3) is 0.200. The molecule has 3 heteroatoms. The molecule has 1 aromatic heterocycles. The fourth-order valence-electron chi connectivity index (χ4n) is 2.56. The molecule has 18 heavy (non-hydrogen) atoms. The third kappa shape index (κ3) is 1.30. The summed E-state index contributed by atoms with van der Waals surface area (Å²) in [7, 11) is 0. The Bertz CT molecular complexity index is 705. The predicted molar refractivity (Wildman–Crippen MR) is 67.0 cm³/mol. The molecule has 0 N–H and O–H groups in total. The lowest BCUT2D eigenvalue weighted by Crippen LogP contribution is -2.20. The number of fused-ring (bicyclic) bond motifs is 3. The number of benzene rings is 1. The molecule has 0 fully saturated rings. The smallest absolute Gasteiger partial charge is 0.237 e. The molecule has 0 amide bonds. The molecule has 1 heterocycles. The maximum Gasteiger partial charge on any atom is 0.237 e. The van der Waals surface area contributed by atoms with Gasteiger partial charge in [0.2, 0.25) is 11.6 Å². The van der Waals surface area contributed by atoms with Crippen LogP contribution in [0.3, 0.4) is 0 Å². The average Bonchev–Trinajstić information content (AvgIpc) is 2.67. The van der Waals surface area contributed by atoms with Crippen LogP contribution in [-0.4, -0.2) is 11.6 Å². The van der Waals surface area contributed by atoms with Crippen molar-refractivity contribution in [1.29, 1.82) is 0 Å². The highest BCUT2D eigenvalue weighted by Gasteiger charge is 2.34. The number of aryl methyl sites for hydroxylation is 3. The van der Waals surface area contributed by atoms with E-state index in [1.54, 1.807) is 19.1 Å². The average molecular weight is 240 g/mol. The first-order valence-electron chi connectivity index (χ1n) is 5.80. The lowest BCUT2D eigenvalue weighted by atomic mass is 9.85. The first kappa shape index (κ1) is 11.0. The van der Waals surface area contributed by atoms with Crippen LogP contribution in [0.2, 0.25) is 0 Å². The molecule has 0 saturated carbocycles. The van der Waals surface area contributed by atoms with Gasteiger partial charge in [-0.25, -0.2) is 0 Å². The molecule has 3 nitrogen and oxygen atoms in total. The first-order chi connectivity index (χ1) is 8.49. The maximum atomic E-state index is 12.1. The van der Waals surface area contributed by atoms with E-state index in [9.17, 15) is 9.59 Å². The van der Waals surface area contributed by atoms with Gasteiger partial charge in [-0.05, 0) is 38.5 Å². The van der Waals surface area contributed by atoms with Crippen molar-refractivity contribution in [3.63, 3.8) is 0 Å². The maximum absolute atomic E-state index is 12.1. The molecule has 1 aliphatic carbocycles.